The van der Waals surface area contributed by atoms with Crippen LogP contribution < -0.4 is 10.6 Å². The molecule has 2 amide bonds. The molecular weight excluding hydrogens is 312 g/mol. The van der Waals surface area contributed by atoms with E-state index in [0.29, 0.717) is 17.1 Å². The largest absolute Gasteiger partial charge is 0.354 e. The summed E-state index contributed by atoms with van der Waals surface area (Å²) in [5.41, 5.74) is 1.52. The van der Waals surface area contributed by atoms with E-state index in [2.05, 4.69) is 10.6 Å². The molecule has 0 saturated heterocycles. The first-order valence-corrected chi connectivity index (χ1v) is 7.80. The molecule has 120 valence electrons. The van der Waals surface area contributed by atoms with E-state index in [1.165, 1.54) is 0 Å². The Labute approximate surface area is 140 Å². The average molecular weight is 331 g/mol. The van der Waals surface area contributed by atoms with Crippen molar-refractivity contribution in [1.82, 2.24) is 10.6 Å². The summed E-state index contributed by atoms with van der Waals surface area (Å²) in [6.07, 6.45) is 0. The summed E-state index contributed by atoms with van der Waals surface area (Å²) in [5, 5.41) is 5.75. The van der Waals surface area contributed by atoms with Gasteiger partial charge in [0, 0.05) is 6.54 Å². The van der Waals surface area contributed by atoms with Crippen molar-refractivity contribution in [1.29, 1.82) is 0 Å². The lowest BCUT2D eigenvalue weighted by Crippen LogP contribution is -2.38. The Balaban J connectivity index is 1.77. The van der Waals surface area contributed by atoms with Gasteiger partial charge in [0.1, 0.15) is 0 Å². The number of hydrogen-bond acceptors (Lipinski definition) is 2. The van der Waals surface area contributed by atoms with Gasteiger partial charge in [-0.15, -0.1) is 0 Å². The van der Waals surface area contributed by atoms with Gasteiger partial charge in [-0.1, -0.05) is 61.0 Å². The molecule has 0 saturated carbocycles. The Morgan fingerprint density at radius 1 is 1.00 bits per heavy atom. The Hall–Kier alpha value is -2.33. The van der Waals surface area contributed by atoms with Crippen molar-refractivity contribution in [2.24, 2.45) is 0 Å². The second-order valence-corrected chi connectivity index (χ2v) is 5.69. The zero-order chi connectivity index (χ0) is 16.7. The van der Waals surface area contributed by atoms with Crippen LogP contribution in [-0.2, 0) is 4.79 Å². The van der Waals surface area contributed by atoms with Crippen LogP contribution in [0.2, 0.25) is 5.02 Å². The SMILES string of the molecule is CC(CNC(=O)CNC(=O)c1ccccc1Cl)c1ccccc1. The summed E-state index contributed by atoms with van der Waals surface area (Å²) in [7, 11) is 0. The minimum absolute atomic E-state index is 0.0778. The topological polar surface area (TPSA) is 58.2 Å². The number of benzene rings is 2. The van der Waals surface area contributed by atoms with Gasteiger partial charge in [0.25, 0.3) is 5.91 Å². The molecule has 2 aromatic rings. The number of hydrogen-bond donors (Lipinski definition) is 2. The smallest absolute Gasteiger partial charge is 0.253 e. The fourth-order valence-electron chi connectivity index (χ4n) is 2.13. The molecule has 0 aliphatic rings. The highest BCUT2D eigenvalue weighted by Gasteiger charge is 2.12. The number of halogens is 1. The lowest BCUT2D eigenvalue weighted by atomic mass is 10.0. The normalized spacial score (nSPS) is 11.6. The van der Waals surface area contributed by atoms with E-state index in [0.717, 1.165) is 5.56 Å². The first kappa shape index (κ1) is 17.0. The van der Waals surface area contributed by atoms with Crippen LogP contribution in [0.3, 0.4) is 0 Å². The molecule has 0 aromatic heterocycles. The van der Waals surface area contributed by atoms with Gasteiger partial charge in [0.15, 0.2) is 0 Å². The summed E-state index contributed by atoms with van der Waals surface area (Å²) in [4.78, 5) is 23.8. The highest BCUT2D eigenvalue weighted by Crippen LogP contribution is 2.14. The Kier molecular flexibility index (Phi) is 6.18. The summed E-state index contributed by atoms with van der Waals surface area (Å²) in [6, 6.07) is 16.7. The molecule has 2 N–H and O–H groups in total. The van der Waals surface area contributed by atoms with E-state index in [1.54, 1.807) is 24.3 Å². The van der Waals surface area contributed by atoms with Crippen LogP contribution >= 0.6 is 11.6 Å². The van der Waals surface area contributed by atoms with Crippen LogP contribution in [-0.4, -0.2) is 24.9 Å². The fraction of sp³-hybridized carbons (Fsp3) is 0.222. The van der Waals surface area contributed by atoms with E-state index in [-0.39, 0.29) is 24.3 Å². The molecule has 0 spiro atoms. The number of carbonyl (C=O) groups excluding carboxylic acids is 2. The summed E-state index contributed by atoms with van der Waals surface area (Å²) in [6.45, 7) is 2.48. The van der Waals surface area contributed by atoms with E-state index >= 15 is 0 Å². The van der Waals surface area contributed by atoms with Crippen molar-refractivity contribution >= 4 is 23.4 Å². The maximum Gasteiger partial charge on any atom is 0.253 e. The van der Waals surface area contributed by atoms with Gasteiger partial charge in [0.05, 0.1) is 17.1 Å². The first-order valence-electron chi connectivity index (χ1n) is 7.42. The monoisotopic (exact) mass is 330 g/mol. The highest BCUT2D eigenvalue weighted by molar-refractivity contribution is 6.33. The zero-order valence-corrected chi connectivity index (χ0v) is 13.6. The number of amides is 2. The van der Waals surface area contributed by atoms with Gasteiger partial charge in [-0.2, -0.15) is 0 Å². The Bertz CT molecular complexity index is 674. The third kappa shape index (κ3) is 5.11. The number of carbonyl (C=O) groups is 2. The van der Waals surface area contributed by atoms with Crippen molar-refractivity contribution in [3.8, 4) is 0 Å². The molecule has 0 aliphatic heterocycles. The van der Waals surface area contributed by atoms with Crippen LogP contribution in [0.25, 0.3) is 0 Å². The average Bonchev–Trinajstić information content (AvgIpc) is 2.58. The highest BCUT2D eigenvalue weighted by atomic mass is 35.5. The molecule has 0 fully saturated rings. The van der Waals surface area contributed by atoms with Crippen molar-refractivity contribution in [3.05, 3.63) is 70.7 Å². The maximum absolute atomic E-state index is 12.0. The molecule has 0 heterocycles. The second-order valence-electron chi connectivity index (χ2n) is 5.28. The summed E-state index contributed by atoms with van der Waals surface area (Å²) in [5.74, 6) is -0.380. The van der Waals surface area contributed by atoms with Gasteiger partial charge in [-0.3, -0.25) is 9.59 Å². The molecule has 0 bridgehead atoms. The maximum atomic E-state index is 12.0. The quantitative estimate of drug-likeness (QED) is 0.855. The molecular formula is C18H19ClN2O2. The van der Waals surface area contributed by atoms with Crippen LogP contribution in [0, 0.1) is 0 Å². The van der Waals surface area contributed by atoms with Gasteiger partial charge in [-0.05, 0) is 23.6 Å². The van der Waals surface area contributed by atoms with Gasteiger partial charge in [0.2, 0.25) is 5.91 Å². The lowest BCUT2D eigenvalue weighted by Gasteiger charge is -2.13. The minimum atomic E-state index is -0.359. The molecule has 2 rings (SSSR count). The zero-order valence-electron chi connectivity index (χ0n) is 12.9. The molecule has 23 heavy (non-hydrogen) atoms. The fourth-order valence-corrected chi connectivity index (χ4v) is 2.35. The van der Waals surface area contributed by atoms with Crippen molar-refractivity contribution < 1.29 is 9.59 Å². The third-order valence-corrected chi connectivity index (χ3v) is 3.83. The van der Waals surface area contributed by atoms with Crippen LogP contribution in [0.15, 0.2) is 54.6 Å². The Morgan fingerprint density at radius 3 is 2.35 bits per heavy atom. The molecule has 1 unspecified atom stereocenters. The predicted molar refractivity (Wildman–Crippen MR) is 91.7 cm³/mol. The molecule has 5 heteroatoms. The van der Waals surface area contributed by atoms with Crippen LogP contribution in [0.4, 0.5) is 0 Å². The van der Waals surface area contributed by atoms with E-state index in [4.69, 9.17) is 11.6 Å². The van der Waals surface area contributed by atoms with Gasteiger partial charge in [-0.25, -0.2) is 0 Å². The van der Waals surface area contributed by atoms with Gasteiger partial charge < -0.3 is 10.6 Å². The number of rotatable bonds is 6. The standard InChI is InChI=1S/C18H19ClN2O2/c1-13(14-7-3-2-4-8-14)11-20-17(22)12-21-18(23)15-9-5-6-10-16(15)19/h2-10,13H,11-12H2,1H3,(H,20,22)(H,21,23). The number of nitrogens with one attached hydrogen (secondary N) is 2. The second kappa shape index (κ2) is 8.34. The van der Waals surface area contributed by atoms with Gasteiger partial charge >= 0.3 is 0 Å². The van der Waals surface area contributed by atoms with E-state index in [1.807, 2.05) is 37.3 Å². The predicted octanol–water partition coefficient (Wildman–Crippen LogP) is 2.99. The van der Waals surface area contributed by atoms with E-state index in [9.17, 15) is 9.59 Å². The molecule has 4 nitrogen and oxygen atoms in total. The van der Waals surface area contributed by atoms with E-state index < -0.39 is 0 Å². The molecule has 1 atom stereocenters. The minimum Gasteiger partial charge on any atom is -0.354 e. The third-order valence-electron chi connectivity index (χ3n) is 3.50. The van der Waals surface area contributed by atoms with Crippen molar-refractivity contribution in [2.75, 3.05) is 13.1 Å². The van der Waals surface area contributed by atoms with Crippen LogP contribution in [0.1, 0.15) is 28.8 Å². The molecule has 2 aromatic carbocycles. The van der Waals surface area contributed by atoms with Crippen molar-refractivity contribution in [3.63, 3.8) is 0 Å². The Morgan fingerprint density at radius 2 is 1.65 bits per heavy atom. The summed E-state index contributed by atoms with van der Waals surface area (Å²) < 4.78 is 0. The molecule has 0 aliphatic carbocycles. The van der Waals surface area contributed by atoms with Crippen molar-refractivity contribution in [2.45, 2.75) is 12.8 Å². The lowest BCUT2D eigenvalue weighted by molar-refractivity contribution is -0.120. The molecule has 0 radical (unpaired) electrons. The van der Waals surface area contributed by atoms with Crippen LogP contribution in [0.5, 0.6) is 0 Å². The first-order chi connectivity index (χ1) is 11.1. The summed E-state index contributed by atoms with van der Waals surface area (Å²) >= 11 is 5.94.